The standard InChI is InChI=1S/C33H34N2/c1-20(2)26-18-27(21(3)4)31(28(19-26)22(5)6)30-17-15-25-13-12-24-14-16-29(23-10-8-7-9-11-23)34-32(24)33(25)35-30/h7-22H,1-6H3. The van der Waals surface area contributed by atoms with Gasteiger partial charge in [-0.2, -0.15) is 0 Å². The Morgan fingerprint density at radius 3 is 1.51 bits per heavy atom. The molecule has 2 aromatic heterocycles. The molecule has 0 saturated heterocycles. The summed E-state index contributed by atoms with van der Waals surface area (Å²) in [6.07, 6.45) is 0. The van der Waals surface area contributed by atoms with E-state index in [-0.39, 0.29) is 0 Å². The summed E-state index contributed by atoms with van der Waals surface area (Å²) in [5.41, 5.74) is 10.5. The van der Waals surface area contributed by atoms with Gasteiger partial charge in [-0.3, -0.25) is 0 Å². The van der Waals surface area contributed by atoms with Crippen LogP contribution in [0.2, 0.25) is 0 Å². The third-order valence-corrected chi connectivity index (χ3v) is 6.98. The Bertz CT molecular complexity index is 1480. The highest BCUT2D eigenvalue weighted by Gasteiger charge is 2.20. The molecule has 3 aromatic carbocycles. The molecule has 2 heterocycles. The third-order valence-electron chi connectivity index (χ3n) is 6.98. The topological polar surface area (TPSA) is 25.8 Å². The maximum atomic E-state index is 5.31. The van der Waals surface area contributed by atoms with Gasteiger partial charge in [-0.1, -0.05) is 108 Å². The van der Waals surface area contributed by atoms with Crippen molar-refractivity contribution < 1.29 is 0 Å². The SMILES string of the molecule is CC(C)c1cc(C(C)C)c(-c2ccc3ccc4ccc(-c5ccccc5)nc4c3n2)c(C(C)C)c1. The number of benzene rings is 3. The molecule has 176 valence electrons. The van der Waals surface area contributed by atoms with E-state index in [0.717, 1.165) is 38.8 Å². The summed E-state index contributed by atoms with van der Waals surface area (Å²) < 4.78 is 0. The summed E-state index contributed by atoms with van der Waals surface area (Å²) in [5.74, 6) is 1.32. The summed E-state index contributed by atoms with van der Waals surface area (Å²) in [5, 5.41) is 2.24. The zero-order chi connectivity index (χ0) is 24.7. The number of hydrogen-bond donors (Lipinski definition) is 0. The van der Waals surface area contributed by atoms with Gasteiger partial charge in [-0.15, -0.1) is 0 Å². The van der Waals surface area contributed by atoms with E-state index in [1.807, 2.05) is 6.07 Å². The quantitative estimate of drug-likeness (QED) is 0.245. The van der Waals surface area contributed by atoms with Crippen molar-refractivity contribution in [2.24, 2.45) is 0 Å². The second-order valence-corrected chi connectivity index (χ2v) is 10.5. The Labute approximate surface area is 209 Å². The molecule has 2 heteroatoms. The van der Waals surface area contributed by atoms with Crippen LogP contribution in [0.3, 0.4) is 0 Å². The monoisotopic (exact) mass is 458 g/mol. The number of hydrogen-bond acceptors (Lipinski definition) is 2. The highest BCUT2D eigenvalue weighted by atomic mass is 14.8. The maximum absolute atomic E-state index is 5.31. The fourth-order valence-electron chi connectivity index (χ4n) is 4.93. The van der Waals surface area contributed by atoms with Crippen LogP contribution in [0.1, 0.15) is 76.0 Å². The van der Waals surface area contributed by atoms with Gasteiger partial charge in [0.25, 0.3) is 0 Å². The lowest BCUT2D eigenvalue weighted by Crippen LogP contribution is -2.04. The van der Waals surface area contributed by atoms with Crippen LogP contribution in [0.4, 0.5) is 0 Å². The number of aromatic nitrogens is 2. The van der Waals surface area contributed by atoms with Crippen LogP contribution in [0.15, 0.2) is 78.9 Å². The van der Waals surface area contributed by atoms with Crippen molar-refractivity contribution in [2.75, 3.05) is 0 Å². The van der Waals surface area contributed by atoms with Crippen LogP contribution >= 0.6 is 0 Å². The van der Waals surface area contributed by atoms with E-state index >= 15 is 0 Å². The fourth-order valence-corrected chi connectivity index (χ4v) is 4.93. The van der Waals surface area contributed by atoms with Crippen molar-refractivity contribution >= 4 is 21.8 Å². The number of rotatable bonds is 5. The van der Waals surface area contributed by atoms with E-state index in [0.29, 0.717) is 17.8 Å². The molecule has 35 heavy (non-hydrogen) atoms. The van der Waals surface area contributed by atoms with Crippen LogP contribution in [0.25, 0.3) is 44.3 Å². The second kappa shape index (κ2) is 9.26. The molecule has 5 rings (SSSR count). The normalized spacial score (nSPS) is 11.9. The number of fused-ring (bicyclic) bond motifs is 3. The van der Waals surface area contributed by atoms with E-state index in [1.165, 1.54) is 22.3 Å². The Balaban J connectivity index is 1.78. The van der Waals surface area contributed by atoms with Crippen molar-refractivity contribution in [2.45, 2.75) is 59.3 Å². The van der Waals surface area contributed by atoms with Gasteiger partial charge in [0, 0.05) is 21.9 Å². The third kappa shape index (κ3) is 4.34. The van der Waals surface area contributed by atoms with E-state index in [9.17, 15) is 0 Å². The molecule has 0 radical (unpaired) electrons. The van der Waals surface area contributed by atoms with Crippen molar-refractivity contribution in [3.8, 4) is 22.5 Å². The Morgan fingerprint density at radius 2 is 1.00 bits per heavy atom. The van der Waals surface area contributed by atoms with Gasteiger partial charge in [-0.25, -0.2) is 9.97 Å². The number of pyridine rings is 2. The molecule has 0 aliphatic heterocycles. The highest BCUT2D eigenvalue weighted by Crippen LogP contribution is 2.39. The number of nitrogens with zero attached hydrogens (tertiary/aromatic N) is 2. The first kappa shape index (κ1) is 23.2. The Morgan fingerprint density at radius 1 is 0.514 bits per heavy atom. The van der Waals surface area contributed by atoms with Gasteiger partial charge in [-0.05, 0) is 46.6 Å². The molecule has 0 spiro atoms. The Hall–Kier alpha value is -3.52. The van der Waals surface area contributed by atoms with E-state index in [4.69, 9.17) is 9.97 Å². The van der Waals surface area contributed by atoms with Crippen molar-refractivity contribution in [3.63, 3.8) is 0 Å². The molecule has 0 aliphatic rings. The predicted octanol–water partition coefficient (Wildman–Crippen LogP) is 9.49. The molecular formula is C33H34N2. The highest BCUT2D eigenvalue weighted by molar-refractivity contribution is 6.04. The largest absolute Gasteiger partial charge is 0.245 e. The van der Waals surface area contributed by atoms with Gasteiger partial charge >= 0.3 is 0 Å². The molecule has 0 fully saturated rings. The summed E-state index contributed by atoms with van der Waals surface area (Å²) in [7, 11) is 0. The summed E-state index contributed by atoms with van der Waals surface area (Å²) in [6, 6.07) is 28.1. The molecule has 5 aromatic rings. The van der Waals surface area contributed by atoms with E-state index < -0.39 is 0 Å². The summed E-state index contributed by atoms with van der Waals surface area (Å²) in [4.78, 5) is 10.4. The molecule has 0 unspecified atom stereocenters. The van der Waals surface area contributed by atoms with Gasteiger partial charge in [0.15, 0.2) is 0 Å². The van der Waals surface area contributed by atoms with Gasteiger partial charge < -0.3 is 0 Å². The van der Waals surface area contributed by atoms with Crippen LogP contribution in [-0.2, 0) is 0 Å². The average molecular weight is 459 g/mol. The first-order valence-electron chi connectivity index (χ1n) is 12.8. The molecular weight excluding hydrogens is 424 g/mol. The predicted molar refractivity (Wildman–Crippen MR) is 150 cm³/mol. The zero-order valence-electron chi connectivity index (χ0n) is 21.6. The molecule has 0 atom stereocenters. The van der Waals surface area contributed by atoms with Crippen LogP contribution < -0.4 is 0 Å². The zero-order valence-corrected chi connectivity index (χ0v) is 21.6. The van der Waals surface area contributed by atoms with Crippen molar-refractivity contribution in [3.05, 3.63) is 95.6 Å². The van der Waals surface area contributed by atoms with Gasteiger partial charge in [0.2, 0.25) is 0 Å². The van der Waals surface area contributed by atoms with Gasteiger partial charge in [0.05, 0.1) is 22.4 Å². The molecule has 0 aliphatic carbocycles. The Kier molecular flexibility index (Phi) is 6.15. The van der Waals surface area contributed by atoms with Crippen molar-refractivity contribution in [1.82, 2.24) is 9.97 Å². The minimum atomic E-state index is 0.411. The minimum Gasteiger partial charge on any atom is -0.245 e. The summed E-state index contributed by atoms with van der Waals surface area (Å²) in [6.45, 7) is 13.7. The van der Waals surface area contributed by atoms with Crippen molar-refractivity contribution in [1.29, 1.82) is 0 Å². The van der Waals surface area contributed by atoms with E-state index in [2.05, 4.69) is 114 Å². The lowest BCUT2D eigenvalue weighted by Gasteiger charge is -2.23. The lowest BCUT2D eigenvalue weighted by molar-refractivity contribution is 0.806. The molecule has 0 amide bonds. The minimum absolute atomic E-state index is 0.411. The van der Waals surface area contributed by atoms with Crippen LogP contribution in [0, 0.1) is 0 Å². The summed E-state index contributed by atoms with van der Waals surface area (Å²) >= 11 is 0. The molecule has 0 N–H and O–H groups in total. The first-order valence-corrected chi connectivity index (χ1v) is 12.8. The smallest absolute Gasteiger partial charge is 0.0972 e. The van der Waals surface area contributed by atoms with E-state index in [1.54, 1.807) is 0 Å². The lowest BCUT2D eigenvalue weighted by atomic mass is 9.83. The molecule has 0 bridgehead atoms. The molecule has 0 saturated carbocycles. The molecule has 2 nitrogen and oxygen atoms in total. The first-order chi connectivity index (χ1) is 16.8. The maximum Gasteiger partial charge on any atom is 0.0972 e. The van der Waals surface area contributed by atoms with Gasteiger partial charge in [0.1, 0.15) is 0 Å². The second-order valence-electron chi connectivity index (χ2n) is 10.5. The fraction of sp³-hybridized carbons (Fsp3) is 0.273. The average Bonchev–Trinajstić information content (AvgIpc) is 2.87. The van der Waals surface area contributed by atoms with Crippen LogP contribution in [-0.4, -0.2) is 9.97 Å². The van der Waals surface area contributed by atoms with Crippen LogP contribution in [0.5, 0.6) is 0 Å².